The molecule has 1 atom stereocenters. The molecule has 6 heteroatoms. The van der Waals surface area contributed by atoms with Gasteiger partial charge in [0.15, 0.2) is 5.96 Å². The molecular weight excluding hydrogens is 457 g/mol. The van der Waals surface area contributed by atoms with E-state index in [9.17, 15) is 0 Å². The Labute approximate surface area is 177 Å². The molecule has 0 saturated heterocycles. The van der Waals surface area contributed by atoms with Gasteiger partial charge < -0.3 is 15.4 Å². The summed E-state index contributed by atoms with van der Waals surface area (Å²) in [5.41, 5.74) is 2.68. The molecule has 1 aliphatic rings. The summed E-state index contributed by atoms with van der Waals surface area (Å²) >= 11 is 1.80. The second-order valence-electron chi connectivity index (χ2n) is 6.35. The Bertz CT molecular complexity index is 703. The molecule has 1 aromatic heterocycles. The molecule has 3 rings (SSSR count). The normalized spacial score (nSPS) is 14.2. The lowest BCUT2D eigenvalue weighted by atomic mass is 10.1. The predicted octanol–water partition coefficient (Wildman–Crippen LogP) is 4.20. The average Bonchev–Trinajstić information content (AvgIpc) is 3.30. The van der Waals surface area contributed by atoms with Gasteiger partial charge in [0, 0.05) is 30.3 Å². The number of hydrogen-bond donors (Lipinski definition) is 2. The number of thiophene rings is 1. The minimum atomic E-state index is 0. The van der Waals surface area contributed by atoms with E-state index in [4.69, 9.17) is 9.73 Å². The van der Waals surface area contributed by atoms with Crippen molar-refractivity contribution in [1.29, 1.82) is 0 Å². The van der Waals surface area contributed by atoms with Crippen molar-refractivity contribution < 1.29 is 4.74 Å². The number of halogens is 1. The molecule has 26 heavy (non-hydrogen) atoms. The minimum absolute atomic E-state index is 0. The van der Waals surface area contributed by atoms with E-state index in [1.807, 2.05) is 0 Å². The van der Waals surface area contributed by atoms with Crippen LogP contribution >= 0.6 is 35.3 Å². The highest BCUT2D eigenvalue weighted by Gasteiger charge is 2.12. The van der Waals surface area contributed by atoms with Crippen LogP contribution in [0.4, 0.5) is 0 Å². The fourth-order valence-corrected chi connectivity index (χ4v) is 3.73. The molecule has 0 saturated carbocycles. The number of fused-ring (bicyclic) bond motifs is 1. The molecule has 1 aliphatic heterocycles. The van der Waals surface area contributed by atoms with Crippen LogP contribution < -0.4 is 15.4 Å². The molecule has 1 unspecified atom stereocenters. The minimum Gasteiger partial charge on any atom is -0.493 e. The molecular formula is C20H28IN3OS. The summed E-state index contributed by atoms with van der Waals surface area (Å²) in [5, 5.41) is 8.91. The lowest BCUT2D eigenvalue weighted by Crippen LogP contribution is -2.38. The molecule has 0 aliphatic carbocycles. The Morgan fingerprint density at radius 1 is 1.31 bits per heavy atom. The van der Waals surface area contributed by atoms with Crippen LogP contribution in [0.2, 0.25) is 0 Å². The van der Waals surface area contributed by atoms with E-state index in [1.165, 1.54) is 16.0 Å². The van der Waals surface area contributed by atoms with Crippen LogP contribution in [0.1, 0.15) is 35.8 Å². The zero-order valence-corrected chi connectivity index (χ0v) is 18.6. The zero-order chi connectivity index (χ0) is 17.5. The van der Waals surface area contributed by atoms with Crippen LogP contribution in [0, 0.1) is 0 Å². The largest absolute Gasteiger partial charge is 0.493 e. The number of nitrogens with zero attached hydrogens (tertiary/aromatic N) is 1. The predicted molar refractivity (Wildman–Crippen MR) is 121 cm³/mol. The Kier molecular flexibility index (Phi) is 8.71. The maximum atomic E-state index is 5.57. The van der Waals surface area contributed by atoms with E-state index in [-0.39, 0.29) is 24.0 Å². The number of nitrogens with one attached hydrogen (secondary N) is 2. The van der Waals surface area contributed by atoms with Crippen molar-refractivity contribution in [3.05, 3.63) is 51.7 Å². The first-order valence-corrected chi connectivity index (χ1v) is 9.94. The van der Waals surface area contributed by atoms with Crippen molar-refractivity contribution in [2.75, 3.05) is 26.2 Å². The van der Waals surface area contributed by atoms with E-state index in [2.05, 4.69) is 60.2 Å². The molecule has 0 radical (unpaired) electrons. The Morgan fingerprint density at radius 3 is 2.96 bits per heavy atom. The number of hydrogen-bond acceptors (Lipinski definition) is 3. The van der Waals surface area contributed by atoms with Gasteiger partial charge in [-0.05, 0) is 42.0 Å². The van der Waals surface area contributed by atoms with E-state index < -0.39 is 0 Å². The van der Waals surface area contributed by atoms with Crippen LogP contribution in [0.3, 0.4) is 0 Å². The number of ether oxygens (including phenoxy) is 1. The fourth-order valence-electron chi connectivity index (χ4n) is 2.95. The first-order valence-electron chi connectivity index (χ1n) is 9.06. The van der Waals surface area contributed by atoms with E-state index in [0.717, 1.165) is 50.8 Å². The third kappa shape index (κ3) is 5.87. The van der Waals surface area contributed by atoms with Crippen LogP contribution in [-0.2, 0) is 12.8 Å². The number of benzene rings is 1. The summed E-state index contributed by atoms with van der Waals surface area (Å²) in [4.78, 5) is 6.13. The average molecular weight is 485 g/mol. The van der Waals surface area contributed by atoms with Crippen LogP contribution in [0.25, 0.3) is 0 Å². The topological polar surface area (TPSA) is 45.7 Å². The van der Waals surface area contributed by atoms with Crippen molar-refractivity contribution in [2.24, 2.45) is 4.99 Å². The number of rotatable bonds is 7. The molecule has 2 aromatic rings. The van der Waals surface area contributed by atoms with Gasteiger partial charge in [0.2, 0.25) is 0 Å². The van der Waals surface area contributed by atoms with E-state index >= 15 is 0 Å². The second-order valence-corrected chi connectivity index (χ2v) is 7.33. The summed E-state index contributed by atoms with van der Waals surface area (Å²) in [5.74, 6) is 2.40. The molecule has 0 spiro atoms. The van der Waals surface area contributed by atoms with Gasteiger partial charge in [0.25, 0.3) is 0 Å². The second kappa shape index (κ2) is 10.8. The standard InChI is InChI=1S/C20H27N3OS.HI/c1-3-21-20(23-14-15(2)19-5-4-12-25-19)22-10-8-16-6-7-18-17(13-16)9-11-24-18;/h4-7,12-13,15H,3,8-11,14H2,1-2H3,(H2,21,22,23);1H. The SMILES string of the molecule is CCNC(=NCC(C)c1cccs1)NCCc1ccc2c(c1)CCO2.I. The maximum Gasteiger partial charge on any atom is 0.191 e. The molecule has 0 amide bonds. The van der Waals surface area contributed by atoms with Gasteiger partial charge in [-0.15, -0.1) is 35.3 Å². The summed E-state index contributed by atoms with van der Waals surface area (Å²) in [6, 6.07) is 10.8. The number of guanidine groups is 1. The van der Waals surface area contributed by atoms with Crippen molar-refractivity contribution in [2.45, 2.75) is 32.6 Å². The molecule has 0 bridgehead atoms. The van der Waals surface area contributed by atoms with Crippen molar-refractivity contribution in [3.8, 4) is 5.75 Å². The monoisotopic (exact) mass is 485 g/mol. The highest BCUT2D eigenvalue weighted by Crippen LogP contribution is 2.25. The third-order valence-electron chi connectivity index (χ3n) is 4.36. The fraction of sp³-hybridized carbons (Fsp3) is 0.450. The van der Waals surface area contributed by atoms with Gasteiger partial charge in [0.05, 0.1) is 13.2 Å². The van der Waals surface area contributed by atoms with Crippen molar-refractivity contribution in [1.82, 2.24) is 10.6 Å². The smallest absolute Gasteiger partial charge is 0.191 e. The van der Waals surface area contributed by atoms with Gasteiger partial charge in [0.1, 0.15) is 5.75 Å². The van der Waals surface area contributed by atoms with E-state index in [0.29, 0.717) is 5.92 Å². The van der Waals surface area contributed by atoms with Crippen LogP contribution in [0.5, 0.6) is 5.75 Å². The van der Waals surface area contributed by atoms with Gasteiger partial charge >= 0.3 is 0 Å². The molecule has 142 valence electrons. The van der Waals surface area contributed by atoms with Gasteiger partial charge in [-0.3, -0.25) is 4.99 Å². The molecule has 2 N–H and O–H groups in total. The summed E-state index contributed by atoms with van der Waals surface area (Å²) in [6.07, 6.45) is 2.01. The maximum absolute atomic E-state index is 5.57. The van der Waals surface area contributed by atoms with Crippen molar-refractivity contribution >= 4 is 41.3 Å². The Balaban J connectivity index is 0.00000243. The van der Waals surface area contributed by atoms with Gasteiger partial charge in [-0.2, -0.15) is 0 Å². The van der Waals surface area contributed by atoms with Crippen LogP contribution in [0.15, 0.2) is 40.7 Å². The van der Waals surface area contributed by atoms with Gasteiger partial charge in [-0.1, -0.05) is 25.1 Å². The lowest BCUT2D eigenvalue weighted by Gasteiger charge is -2.13. The molecule has 2 heterocycles. The van der Waals surface area contributed by atoms with Gasteiger partial charge in [-0.25, -0.2) is 0 Å². The number of aliphatic imine (C=N–C) groups is 1. The summed E-state index contributed by atoms with van der Waals surface area (Å²) in [7, 11) is 0. The first-order chi connectivity index (χ1) is 12.3. The zero-order valence-electron chi connectivity index (χ0n) is 15.5. The van der Waals surface area contributed by atoms with Crippen molar-refractivity contribution in [3.63, 3.8) is 0 Å². The first kappa shape index (κ1) is 21.0. The van der Waals surface area contributed by atoms with Crippen LogP contribution in [-0.4, -0.2) is 32.2 Å². The highest BCUT2D eigenvalue weighted by molar-refractivity contribution is 14.0. The molecule has 4 nitrogen and oxygen atoms in total. The summed E-state index contributed by atoms with van der Waals surface area (Å²) < 4.78 is 5.57. The third-order valence-corrected chi connectivity index (χ3v) is 5.46. The quantitative estimate of drug-likeness (QED) is 0.351. The Hall–Kier alpha value is -1.28. The van der Waals surface area contributed by atoms with E-state index in [1.54, 1.807) is 11.3 Å². The highest BCUT2D eigenvalue weighted by atomic mass is 127. The lowest BCUT2D eigenvalue weighted by molar-refractivity contribution is 0.357. The molecule has 1 aromatic carbocycles. The molecule has 0 fully saturated rings. The Morgan fingerprint density at radius 2 is 2.19 bits per heavy atom. The summed E-state index contributed by atoms with van der Waals surface area (Å²) in [6.45, 7) is 7.68.